The maximum Gasteiger partial charge on any atom is 0.137 e. The van der Waals surface area contributed by atoms with Gasteiger partial charge in [-0.25, -0.2) is 4.39 Å². The van der Waals surface area contributed by atoms with Crippen molar-refractivity contribution in [1.29, 1.82) is 0 Å². The summed E-state index contributed by atoms with van der Waals surface area (Å²) in [6.45, 7) is 0. The van der Waals surface area contributed by atoms with Gasteiger partial charge in [-0.2, -0.15) is 0 Å². The SMILES string of the molecule is NC(Cc1cccc(F)c1Br)c1cccc2ncccc12. The monoisotopic (exact) mass is 344 g/mol. The predicted octanol–water partition coefficient (Wildman–Crippen LogP) is 4.38. The molecule has 2 nitrogen and oxygen atoms in total. The molecule has 106 valence electrons. The van der Waals surface area contributed by atoms with E-state index in [-0.39, 0.29) is 11.9 Å². The van der Waals surface area contributed by atoms with E-state index in [4.69, 9.17) is 5.73 Å². The molecule has 0 fully saturated rings. The highest BCUT2D eigenvalue weighted by molar-refractivity contribution is 9.10. The van der Waals surface area contributed by atoms with Crippen LogP contribution in [0.5, 0.6) is 0 Å². The number of fused-ring (bicyclic) bond motifs is 1. The minimum absolute atomic E-state index is 0.212. The van der Waals surface area contributed by atoms with E-state index in [2.05, 4.69) is 20.9 Å². The topological polar surface area (TPSA) is 38.9 Å². The van der Waals surface area contributed by atoms with Crippen molar-refractivity contribution >= 4 is 26.8 Å². The van der Waals surface area contributed by atoms with Gasteiger partial charge in [0.15, 0.2) is 0 Å². The van der Waals surface area contributed by atoms with E-state index in [1.807, 2.05) is 36.4 Å². The number of nitrogens with two attached hydrogens (primary N) is 1. The van der Waals surface area contributed by atoms with Crippen LogP contribution in [-0.2, 0) is 6.42 Å². The molecule has 0 amide bonds. The Hall–Kier alpha value is -1.78. The van der Waals surface area contributed by atoms with Crippen LogP contribution in [0.3, 0.4) is 0 Å². The van der Waals surface area contributed by atoms with Crippen LogP contribution in [0, 0.1) is 5.82 Å². The van der Waals surface area contributed by atoms with Crippen LogP contribution in [0.4, 0.5) is 4.39 Å². The number of pyridine rings is 1. The van der Waals surface area contributed by atoms with Gasteiger partial charge in [0.1, 0.15) is 5.82 Å². The van der Waals surface area contributed by atoms with Crippen molar-refractivity contribution in [2.45, 2.75) is 12.5 Å². The van der Waals surface area contributed by atoms with Gasteiger partial charge >= 0.3 is 0 Å². The van der Waals surface area contributed by atoms with Crippen LogP contribution < -0.4 is 5.73 Å². The van der Waals surface area contributed by atoms with Crippen molar-refractivity contribution in [1.82, 2.24) is 4.98 Å². The highest BCUT2D eigenvalue weighted by Gasteiger charge is 2.14. The summed E-state index contributed by atoms with van der Waals surface area (Å²) in [5.74, 6) is -0.265. The molecule has 0 aliphatic rings. The van der Waals surface area contributed by atoms with Crippen LogP contribution in [0.25, 0.3) is 10.9 Å². The molecule has 1 aromatic heterocycles. The largest absolute Gasteiger partial charge is 0.324 e. The lowest BCUT2D eigenvalue weighted by Gasteiger charge is -2.15. The second-order valence-electron chi connectivity index (χ2n) is 4.94. The molecule has 2 aromatic carbocycles. The summed E-state index contributed by atoms with van der Waals surface area (Å²) in [7, 11) is 0. The normalized spacial score (nSPS) is 12.5. The molecule has 21 heavy (non-hydrogen) atoms. The lowest BCUT2D eigenvalue weighted by molar-refractivity contribution is 0.614. The van der Waals surface area contributed by atoms with E-state index in [1.165, 1.54) is 6.07 Å². The minimum Gasteiger partial charge on any atom is -0.324 e. The number of hydrogen-bond acceptors (Lipinski definition) is 2. The summed E-state index contributed by atoms with van der Waals surface area (Å²) >= 11 is 3.29. The molecule has 2 N–H and O–H groups in total. The van der Waals surface area contributed by atoms with Crippen LogP contribution in [0.2, 0.25) is 0 Å². The summed E-state index contributed by atoms with van der Waals surface area (Å²) in [6.07, 6.45) is 2.33. The van der Waals surface area contributed by atoms with Crippen molar-refractivity contribution in [3.63, 3.8) is 0 Å². The van der Waals surface area contributed by atoms with E-state index < -0.39 is 0 Å². The van der Waals surface area contributed by atoms with Crippen LogP contribution in [0.15, 0.2) is 59.2 Å². The van der Waals surface area contributed by atoms with E-state index in [0.29, 0.717) is 10.9 Å². The summed E-state index contributed by atoms with van der Waals surface area (Å²) in [4.78, 5) is 4.34. The fourth-order valence-corrected chi connectivity index (χ4v) is 2.93. The highest BCUT2D eigenvalue weighted by atomic mass is 79.9. The van der Waals surface area contributed by atoms with Gasteiger partial charge in [0, 0.05) is 17.6 Å². The summed E-state index contributed by atoms with van der Waals surface area (Å²) in [6, 6.07) is 14.6. The van der Waals surface area contributed by atoms with Crippen molar-refractivity contribution in [3.05, 3.63) is 76.1 Å². The lowest BCUT2D eigenvalue weighted by atomic mass is 9.96. The van der Waals surface area contributed by atoms with Gasteiger partial charge in [-0.05, 0) is 51.7 Å². The number of hydrogen-bond donors (Lipinski definition) is 1. The van der Waals surface area contributed by atoms with E-state index in [1.54, 1.807) is 12.3 Å². The Morgan fingerprint density at radius 3 is 2.76 bits per heavy atom. The van der Waals surface area contributed by atoms with E-state index >= 15 is 0 Å². The fraction of sp³-hybridized carbons (Fsp3) is 0.118. The maximum absolute atomic E-state index is 13.6. The Bertz CT molecular complexity index is 783. The maximum atomic E-state index is 13.6. The number of rotatable bonds is 3. The second-order valence-corrected chi connectivity index (χ2v) is 5.73. The van der Waals surface area contributed by atoms with Gasteiger partial charge in [0.25, 0.3) is 0 Å². The molecule has 1 atom stereocenters. The third kappa shape index (κ3) is 2.82. The second kappa shape index (κ2) is 5.92. The van der Waals surface area contributed by atoms with Crippen molar-refractivity contribution in [2.24, 2.45) is 5.73 Å². The van der Waals surface area contributed by atoms with Gasteiger partial charge < -0.3 is 5.73 Å². The van der Waals surface area contributed by atoms with Gasteiger partial charge in [-0.15, -0.1) is 0 Å². The molecular formula is C17H14BrFN2. The molecule has 0 bridgehead atoms. The van der Waals surface area contributed by atoms with Gasteiger partial charge in [-0.1, -0.05) is 30.3 Å². The summed E-state index contributed by atoms with van der Waals surface area (Å²) in [5, 5.41) is 1.04. The molecular weight excluding hydrogens is 331 g/mol. The number of halogens is 2. The number of nitrogens with zero attached hydrogens (tertiary/aromatic N) is 1. The average Bonchev–Trinajstić information content (AvgIpc) is 2.51. The molecule has 4 heteroatoms. The third-order valence-electron chi connectivity index (χ3n) is 3.55. The molecule has 0 aliphatic heterocycles. The standard InChI is InChI=1S/C17H14BrFN2/c18-17-11(4-1-7-14(17)19)10-15(20)12-5-2-8-16-13(12)6-3-9-21-16/h1-9,15H,10,20H2. The van der Waals surface area contributed by atoms with Crippen molar-refractivity contribution in [2.75, 3.05) is 0 Å². The first-order chi connectivity index (χ1) is 10.2. The van der Waals surface area contributed by atoms with Gasteiger partial charge in [0.2, 0.25) is 0 Å². The molecule has 0 aliphatic carbocycles. The summed E-state index contributed by atoms with van der Waals surface area (Å²) in [5.41, 5.74) is 9.15. The Balaban J connectivity index is 1.97. The van der Waals surface area contributed by atoms with Gasteiger partial charge in [-0.3, -0.25) is 4.98 Å². The first-order valence-electron chi connectivity index (χ1n) is 6.69. The van der Waals surface area contributed by atoms with Crippen molar-refractivity contribution < 1.29 is 4.39 Å². The molecule has 0 radical (unpaired) electrons. The smallest absolute Gasteiger partial charge is 0.137 e. The number of aromatic nitrogens is 1. The Kier molecular flexibility index (Phi) is 3.99. The lowest BCUT2D eigenvalue weighted by Crippen LogP contribution is -2.14. The number of benzene rings is 2. The molecule has 0 saturated carbocycles. The molecule has 0 saturated heterocycles. The van der Waals surface area contributed by atoms with Crippen LogP contribution in [-0.4, -0.2) is 4.98 Å². The minimum atomic E-state index is -0.265. The molecule has 3 rings (SSSR count). The highest BCUT2D eigenvalue weighted by Crippen LogP contribution is 2.28. The van der Waals surface area contributed by atoms with E-state index in [9.17, 15) is 4.39 Å². The zero-order valence-electron chi connectivity index (χ0n) is 11.3. The van der Waals surface area contributed by atoms with Crippen molar-refractivity contribution in [3.8, 4) is 0 Å². The van der Waals surface area contributed by atoms with Crippen LogP contribution >= 0.6 is 15.9 Å². The molecule has 1 unspecified atom stereocenters. The first kappa shape index (κ1) is 14.2. The van der Waals surface area contributed by atoms with Crippen LogP contribution in [0.1, 0.15) is 17.2 Å². The predicted molar refractivity (Wildman–Crippen MR) is 86.5 cm³/mol. The Morgan fingerprint density at radius 2 is 1.90 bits per heavy atom. The molecule has 3 aromatic rings. The molecule has 1 heterocycles. The fourth-order valence-electron chi connectivity index (χ4n) is 2.50. The Morgan fingerprint density at radius 1 is 1.10 bits per heavy atom. The van der Waals surface area contributed by atoms with Gasteiger partial charge in [0.05, 0.1) is 9.99 Å². The third-order valence-corrected chi connectivity index (χ3v) is 4.44. The summed E-state index contributed by atoms with van der Waals surface area (Å²) < 4.78 is 14.1. The first-order valence-corrected chi connectivity index (χ1v) is 7.48. The average molecular weight is 345 g/mol. The zero-order chi connectivity index (χ0) is 14.8. The Labute approximate surface area is 130 Å². The van der Waals surface area contributed by atoms with E-state index in [0.717, 1.165) is 22.0 Å². The quantitative estimate of drug-likeness (QED) is 0.765. The zero-order valence-corrected chi connectivity index (χ0v) is 12.8. The molecule has 0 spiro atoms.